The summed E-state index contributed by atoms with van der Waals surface area (Å²) in [7, 11) is 1.54. The highest BCUT2D eigenvalue weighted by Gasteiger charge is 2.15. The summed E-state index contributed by atoms with van der Waals surface area (Å²) in [5, 5.41) is 7.00. The normalized spacial score (nSPS) is 11.1. The van der Waals surface area contributed by atoms with Gasteiger partial charge in [-0.15, -0.1) is 0 Å². The molecule has 0 spiro atoms. The molecule has 4 aromatic rings. The van der Waals surface area contributed by atoms with Gasteiger partial charge in [0, 0.05) is 29.1 Å². The second-order valence-electron chi connectivity index (χ2n) is 7.60. The van der Waals surface area contributed by atoms with Crippen LogP contribution in [0.3, 0.4) is 0 Å². The Bertz CT molecular complexity index is 1320. The minimum atomic E-state index is -2.97. The number of amides is 1. The zero-order chi connectivity index (χ0) is 24.2. The number of aromatic nitrogens is 4. The maximum atomic E-state index is 12.9. The molecular formula is C24H23F2N5O3. The lowest BCUT2D eigenvalue weighted by Gasteiger charge is -2.14. The molecule has 0 unspecified atom stereocenters. The van der Waals surface area contributed by atoms with Gasteiger partial charge in [0.2, 0.25) is 5.91 Å². The number of alkyl halides is 2. The monoisotopic (exact) mass is 467 g/mol. The molecular weight excluding hydrogens is 444 g/mol. The Morgan fingerprint density at radius 2 is 1.91 bits per heavy atom. The van der Waals surface area contributed by atoms with Gasteiger partial charge >= 0.3 is 6.61 Å². The van der Waals surface area contributed by atoms with Crippen LogP contribution in [0.2, 0.25) is 0 Å². The molecule has 0 aliphatic carbocycles. The second-order valence-corrected chi connectivity index (χ2v) is 7.60. The van der Waals surface area contributed by atoms with E-state index in [-0.39, 0.29) is 18.1 Å². The van der Waals surface area contributed by atoms with Crippen molar-refractivity contribution < 1.29 is 23.0 Å². The van der Waals surface area contributed by atoms with Crippen molar-refractivity contribution >= 4 is 17.4 Å². The van der Waals surface area contributed by atoms with E-state index in [1.165, 1.54) is 18.5 Å². The number of nitrogens with one attached hydrogen (secondary N) is 1. The van der Waals surface area contributed by atoms with Gasteiger partial charge in [-0.3, -0.25) is 4.79 Å². The Hall–Kier alpha value is -4.08. The van der Waals surface area contributed by atoms with E-state index in [1.807, 2.05) is 13.8 Å². The number of fused-ring (bicyclic) bond motifs is 1. The summed E-state index contributed by atoms with van der Waals surface area (Å²) in [6.07, 6.45) is 2.11. The van der Waals surface area contributed by atoms with Crippen LogP contribution in [0.5, 0.6) is 11.5 Å². The first-order valence-electron chi connectivity index (χ1n) is 10.5. The molecule has 2 heterocycles. The van der Waals surface area contributed by atoms with Gasteiger partial charge in [0.05, 0.1) is 7.11 Å². The fourth-order valence-corrected chi connectivity index (χ4v) is 3.78. The predicted octanol–water partition coefficient (Wildman–Crippen LogP) is 4.59. The quantitative estimate of drug-likeness (QED) is 0.408. The van der Waals surface area contributed by atoms with Gasteiger partial charge in [0.15, 0.2) is 0 Å². The van der Waals surface area contributed by atoms with Gasteiger partial charge in [-0.25, -0.2) is 9.50 Å². The van der Waals surface area contributed by atoms with E-state index < -0.39 is 6.61 Å². The highest BCUT2D eigenvalue weighted by molar-refractivity contribution is 5.92. The average Bonchev–Trinajstić information content (AvgIpc) is 3.28. The molecule has 2 aromatic carbocycles. The van der Waals surface area contributed by atoms with Crippen LogP contribution in [-0.4, -0.2) is 39.2 Å². The summed E-state index contributed by atoms with van der Waals surface area (Å²) in [6, 6.07) is 11.5. The molecule has 0 fully saturated rings. The number of anilines is 1. The van der Waals surface area contributed by atoms with Crippen LogP contribution < -0.4 is 14.8 Å². The van der Waals surface area contributed by atoms with Crippen molar-refractivity contribution in [2.45, 2.75) is 33.3 Å². The summed E-state index contributed by atoms with van der Waals surface area (Å²) in [5.41, 5.74) is 4.13. The average molecular weight is 467 g/mol. The van der Waals surface area contributed by atoms with Crippen molar-refractivity contribution in [3.05, 3.63) is 65.7 Å². The van der Waals surface area contributed by atoms with E-state index in [4.69, 9.17) is 4.74 Å². The molecule has 0 atom stereocenters. The summed E-state index contributed by atoms with van der Waals surface area (Å²) in [5.74, 6) is 0.936. The van der Waals surface area contributed by atoms with E-state index in [9.17, 15) is 13.6 Å². The fourth-order valence-electron chi connectivity index (χ4n) is 3.78. The van der Waals surface area contributed by atoms with Crippen molar-refractivity contribution in [2.24, 2.45) is 0 Å². The Morgan fingerprint density at radius 3 is 2.62 bits per heavy atom. The number of aryl methyl sites for hydroxylation is 2. The zero-order valence-corrected chi connectivity index (χ0v) is 18.9. The Morgan fingerprint density at radius 1 is 1.15 bits per heavy atom. The van der Waals surface area contributed by atoms with Crippen molar-refractivity contribution in [2.75, 3.05) is 12.4 Å². The summed E-state index contributed by atoms with van der Waals surface area (Å²) >= 11 is 0. The molecule has 0 aliphatic heterocycles. The van der Waals surface area contributed by atoms with E-state index in [1.54, 1.807) is 42.0 Å². The maximum absolute atomic E-state index is 12.9. The van der Waals surface area contributed by atoms with Crippen molar-refractivity contribution in [3.63, 3.8) is 0 Å². The van der Waals surface area contributed by atoms with E-state index in [2.05, 4.69) is 25.1 Å². The molecule has 4 rings (SSSR count). The number of nitrogens with zero attached hydrogens (tertiary/aromatic N) is 4. The first-order chi connectivity index (χ1) is 16.4. The third kappa shape index (κ3) is 4.95. The molecule has 0 aliphatic rings. The first-order valence-corrected chi connectivity index (χ1v) is 10.5. The van der Waals surface area contributed by atoms with Crippen LogP contribution in [0, 0.1) is 13.8 Å². The standard InChI is InChI=1S/C24H23F2N5O3/c1-14-19(15(2)31-24(29-14)27-13-28-31)9-11-22(32)30-17-6-10-21(34-23(25)26)20(12-17)16-4-7-18(33-3)8-5-16/h4-8,10,12-13,23H,9,11H2,1-3H3,(H,30,32). The highest BCUT2D eigenvalue weighted by Crippen LogP contribution is 2.34. The van der Waals surface area contributed by atoms with Crippen LogP contribution in [0.15, 0.2) is 48.8 Å². The molecule has 34 heavy (non-hydrogen) atoms. The SMILES string of the molecule is COc1ccc(-c2cc(NC(=O)CCc3c(C)nc4ncnn4c3C)ccc2OC(F)F)cc1. The van der Waals surface area contributed by atoms with Gasteiger partial charge in [0.1, 0.15) is 17.8 Å². The third-order valence-corrected chi connectivity index (χ3v) is 5.47. The molecule has 1 N–H and O–H groups in total. The maximum Gasteiger partial charge on any atom is 0.387 e. The zero-order valence-electron chi connectivity index (χ0n) is 18.9. The lowest BCUT2D eigenvalue weighted by molar-refractivity contribution is -0.116. The lowest BCUT2D eigenvalue weighted by Crippen LogP contribution is -2.14. The molecule has 10 heteroatoms. The number of carbonyl (C=O) groups is 1. The number of carbonyl (C=O) groups excluding carboxylic acids is 1. The minimum absolute atomic E-state index is 0.0108. The summed E-state index contributed by atoms with van der Waals surface area (Å²) in [4.78, 5) is 21.2. The summed E-state index contributed by atoms with van der Waals surface area (Å²) < 4.78 is 37.3. The molecule has 1 amide bonds. The molecule has 0 bridgehead atoms. The van der Waals surface area contributed by atoms with Crippen LogP contribution in [0.25, 0.3) is 16.9 Å². The fraction of sp³-hybridized carbons (Fsp3) is 0.250. The molecule has 0 saturated heterocycles. The molecule has 176 valence electrons. The first kappa shape index (κ1) is 23.1. The van der Waals surface area contributed by atoms with Gasteiger partial charge in [-0.05, 0) is 61.7 Å². The lowest BCUT2D eigenvalue weighted by atomic mass is 10.0. The molecule has 0 radical (unpaired) electrons. The van der Waals surface area contributed by atoms with Crippen molar-refractivity contribution in [3.8, 4) is 22.6 Å². The van der Waals surface area contributed by atoms with Gasteiger partial charge in [-0.1, -0.05) is 12.1 Å². The molecule has 2 aromatic heterocycles. The Kier molecular flexibility index (Phi) is 6.67. The number of hydrogen-bond acceptors (Lipinski definition) is 6. The number of rotatable bonds is 8. The third-order valence-electron chi connectivity index (χ3n) is 5.47. The number of hydrogen-bond donors (Lipinski definition) is 1. The second kappa shape index (κ2) is 9.82. The van der Waals surface area contributed by atoms with E-state index in [0.717, 1.165) is 17.0 Å². The van der Waals surface area contributed by atoms with Crippen LogP contribution >= 0.6 is 0 Å². The van der Waals surface area contributed by atoms with E-state index in [0.29, 0.717) is 34.8 Å². The van der Waals surface area contributed by atoms with Gasteiger partial charge < -0.3 is 14.8 Å². The van der Waals surface area contributed by atoms with Crippen LogP contribution in [-0.2, 0) is 11.2 Å². The number of halogens is 2. The Labute approximate surface area is 194 Å². The molecule has 0 saturated carbocycles. The number of methoxy groups -OCH3 is 1. The topological polar surface area (TPSA) is 90.6 Å². The van der Waals surface area contributed by atoms with Gasteiger partial charge in [-0.2, -0.15) is 18.9 Å². The predicted molar refractivity (Wildman–Crippen MR) is 122 cm³/mol. The van der Waals surface area contributed by atoms with Crippen LogP contribution in [0.1, 0.15) is 23.4 Å². The molecule has 8 nitrogen and oxygen atoms in total. The van der Waals surface area contributed by atoms with Crippen molar-refractivity contribution in [1.29, 1.82) is 0 Å². The smallest absolute Gasteiger partial charge is 0.387 e. The number of benzene rings is 2. The van der Waals surface area contributed by atoms with Crippen LogP contribution in [0.4, 0.5) is 14.5 Å². The summed E-state index contributed by atoms with van der Waals surface area (Å²) in [6.45, 7) is 0.810. The highest BCUT2D eigenvalue weighted by atomic mass is 19.3. The number of ether oxygens (including phenoxy) is 2. The van der Waals surface area contributed by atoms with Crippen molar-refractivity contribution in [1.82, 2.24) is 19.6 Å². The van der Waals surface area contributed by atoms with E-state index >= 15 is 0 Å². The largest absolute Gasteiger partial charge is 0.497 e. The van der Waals surface area contributed by atoms with Gasteiger partial charge in [0.25, 0.3) is 5.78 Å². The Balaban J connectivity index is 1.52. The minimum Gasteiger partial charge on any atom is -0.497 e.